The molecule has 112 valence electrons. The number of nitrogens with one attached hydrogen (secondary N) is 1. The van der Waals surface area contributed by atoms with Gasteiger partial charge in [0.15, 0.2) is 0 Å². The highest BCUT2D eigenvalue weighted by molar-refractivity contribution is 6.31. The van der Waals surface area contributed by atoms with E-state index in [1.807, 2.05) is 18.9 Å². The van der Waals surface area contributed by atoms with Crippen LogP contribution in [-0.4, -0.2) is 42.2 Å². The van der Waals surface area contributed by atoms with E-state index in [0.717, 1.165) is 6.54 Å². The first-order valence-electron chi connectivity index (χ1n) is 6.60. The Morgan fingerprint density at radius 2 is 2.25 bits per heavy atom. The molecule has 20 heavy (non-hydrogen) atoms. The lowest BCUT2D eigenvalue weighted by Crippen LogP contribution is -2.33. The number of aliphatic hydroxyl groups excluding tert-OH is 1. The summed E-state index contributed by atoms with van der Waals surface area (Å²) in [5, 5.41) is 12.3. The van der Waals surface area contributed by atoms with Crippen molar-refractivity contribution in [3.63, 3.8) is 0 Å². The van der Waals surface area contributed by atoms with Gasteiger partial charge in [-0.2, -0.15) is 0 Å². The Morgan fingerprint density at radius 3 is 2.90 bits per heavy atom. The van der Waals surface area contributed by atoms with Crippen molar-refractivity contribution in [2.75, 3.05) is 31.2 Å². The van der Waals surface area contributed by atoms with E-state index in [1.54, 1.807) is 18.2 Å². The first-order valence-corrected chi connectivity index (χ1v) is 6.97. The molecule has 5 nitrogen and oxygen atoms in total. The van der Waals surface area contributed by atoms with Crippen molar-refractivity contribution in [2.24, 2.45) is 0 Å². The predicted molar refractivity (Wildman–Crippen MR) is 82.9 cm³/mol. The van der Waals surface area contributed by atoms with E-state index in [9.17, 15) is 4.79 Å². The maximum Gasteiger partial charge on any atom is 0.224 e. The molecule has 0 spiro atoms. The minimum atomic E-state index is -0.0935. The van der Waals surface area contributed by atoms with Crippen molar-refractivity contribution in [3.8, 4) is 0 Å². The van der Waals surface area contributed by atoms with Crippen molar-refractivity contribution in [2.45, 2.75) is 25.8 Å². The zero-order valence-electron chi connectivity index (χ0n) is 11.9. The van der Waals surface area contributed by atoms with Crippen LogP contribution in [-0.2, 0) is 4.79 Å². The number of halogens is 1. The normalized spacial score (nSPS) is 12.4. The number of anilines is 2. The fraction of sp³-hybridized carbons (Fsp3) is 0.500. The number of benzene rings is 1. The van der Waals surface area contributed by atoms with Crippen LogP contribution < -0.4 is 11.1 Å². The summed E-state index contributed by atoms with van der Waals surface area (Å²) in [6.07, 6.45) is 1.11. The fourth-order valence-corrected chi connectivity index (χ4v) is 1.87. The van der Waals surface area contributed by atoms with E-state index >= 15 is 0 Å². The highest BCUT2D eigenvalue weighted by Crippen LogP contribution is 2.23. The SMILES string of the molecule is CC(CO)N(C)CCCC(=O)Nc1cc(Cl)ccc1N. The Labute approximate surface area is 124 Å². The Hall–Kier alpha value is -1.30. The third-order valence-corrected chi connectivity index (χ3v) is 3.46. The summed E-state index contributed by atoms with van der Waals surface area (Å²) in [6, 6.07) is 5.07. The number of likely N-dealkylation sites (N-methyl/N-ethyl adjacent to an activating group) is 1. The molecule has 0 aliphatic carbocycles. The van der Waals surface area contributed by atoms with Gasteiger partial charge in [0, 0.05) is 17.5 Å². The lowest BCUT2D eigenvalue weighted by Gasteiger charge is -2.22. The molecule has 1 aromatic carbocycles. The van der Waals surface area contributed by atoms with Gasteiger partial charge < -0.3 is 21.1 Å². The number of amides is 1. The van der Waals surface area contributed by atoms with E-state index in [2.05, 4.69) is 5.32 Å². The van der Waals surface area contributed by atoms with Gasteiger partial charge in [0.25, 0.3) is 0 Å². The Morgan fingerprint density at radius 1 is 1.55 bits per heavy atom. The number of carbonyl (C=O) groups excluding carboxylic acids is 1. The van der Waals surface area contributed by atoms with Crippen molar-refractivity contribution >= 4 is 28.9 Å². The van der Waals surface area contributed by atoms with Crippen LogP contribution in [0, 0.1) is 0 Å². The molecule has 0 bridgehead atoms. The molecule has 1 rings (SSSR count). The summed E-state index contributed by atoms with van der Waals surface area (Å²) in [5.74, 6) is -0.0935. The summed E-state index contributed by atoms with van der Waals surface area (Å²) in [6.45, 7) is 2.80. The third kappa shape index (κ3) is 5.36. The largest absolute Gasteiger partial charge is 0.397 e. The van der Waals surface area contributed by atoms with Crippen LogP contribution in [0.25, 0.3) is 0 Å². The van der Waals surface area contributed by atoms with Crippen molar-refractivity contribution in [1.29, 1.82) is 0 Å². The Bertz CT molecular complexity index is 454. The molecule has 4 N–H and O–H groups in total. The number of nitrogens with two attached hydrogens (primary N) is 1. The topological polar surface area (TPSA) is 78.6 Å². The first kappa shape index (κ1) is 16.8. The van der Waals surface area contributed by atoms with E-state index in [0.29, 0.717) is 29.2 Å². The summed E-state index contributed by atoms with van der Waals surface area (Å²) >= 11 is 5.86. The van der Waals surface area contributed by atoms with Gasteiger partial charge in [-0.25, -0.2) is 0 Å². The van der Waals surface area contributed by atoms with Gasteiger partial charge in [-0.1, -0.05) is 11.6 Å². The first-order chi connectivity index (χ1) is 9.43. The lowest BCUT2D eigenvalue weighted by molar-refractivity contribution is -0.116. The molecule has 0 aliphatic rings. The molecule has 0 heterocycles. The number of hydrogen-bond donors (Lipinski definition) is 3. The molecule has 1 unspecified atom stereocenters. The standard InChI is InChI=1S/C14H22ClN3O2/c1-10(9-19)18(2)7-3-4-14(20)17-13-8-11(15)5-6-12(13)16/h5-6,8,10,19H,3-4,7,9,16H2,1-2H3,(H,17,20). The second-order valence-electron chi connectivity index (χ2n) is 4.90. The van der Waals surface area contributed by atoms with Crippen LogP contribution in [0.3, 0.4) is 0 Å². The molecule has 0 radical (unpaired) electrons. The van der Waals surface area contributed by atoms with E-state index in [-0.39, 0.29) is 18.6 Å². The van der Waals surface area contributed by atoms with E-state index in [1.165, 1.54) is 0 Å². The minimum absolute atomic E-state index is 0.0935. The summed E-state index contributed by atoms with van der Waals surface area (Å²) in [5.41, 5.74) is 6.80. The average Bonchev–Trinajstić information content (AvgIpc) is 2.41. The van der Waals surface area contributed by atoms with Crippen LogP contribution in [0.1, 0.15) is 19.8 Å². The monoisotopic (exact) mass is 299 g/mol. The van der Waals surface area contributed by atoms with Gasteiger partial charge >= 0.3 is 0 Å². The smallest absolute Gasteiger partial charge is 0.224 e. The van der Waals surface area contributed by atoms with Gasteiger partial charge in [-0.05, 0) is 45.1 Å². The minimum Gasteiger partial charge on any atom is -0.397 e. The van der Waals surface area contributed by atoms with Crippen LogP contribution in [0.2, 0.25) is 5.02 Å². The molecular weight excluding hydrogens is 278 g/mol. The molecule has 0 saturated heterocycles. The molecule has 0 aliphatic heterocycles. The van der Waals surface area contributed by atoms with Crippen LogP contribution >= 0.6 is 11.6 Å². The molecule has 1 aromatic rings. The summed E-state index contributed by atoms with van der Waals surface area (Å²) in [7, 11) is 1.92. The number of carbonyl (C=O) groups is 1. The van der Waals surface area contributed by atoms with E-state index in [4.69, 9.17) is 22.4 Å². The highest BCUT2D eigenvalue weighted by atomic mass is 35.5. The van der Waals surface area contributed by atoms with Crippen LogP contribution in [0.5, 0.6) is 0 Å². The zero-order valence-corrected chi connectivity index (χ0v) is 12.7. The predicted octanol–water partition coefficient (Wildman–Crippen LogP) is 1.95. The number of hydrogen-bond acceptors (Lipinski definition) is 4. The molecule has 1 amide bonds. The Balaban J connectivity index is 2.39. The third-order valence-electron chi connectivity index (χ3n) is 3.22. The van der Waals surface area contributed by atoms with Crippen LogP contribution in [0.4, 0.5) is 11.4 Å². The molecule has 6 heteroatoms. The van der Waals surface area contributed by atoms with Gasteiger partial charge in [0.2, 0.25) is 5.91 Å². The van der Waals surface area contributed by atoms with Gasteiger partial charge in [0.05, 0.1) is 18.0 Å². The second-order valence-corrected chi connectivity index (χ2v) is 5.33. The lowest BCUT2D eigenvalue weighted by atomic mass is 10.2. The van der Waals surface area contributed by atoms with Gasteiger partial charge in [0.1, 0.15) is 0 Å². The number of rotatable bonds is 7. The number of nitrogen functional groups attached to an aromatic ring is 1. The molecular formula is C14H22ClN3O2. The summed E-state index contributed by atoms with van der Waals surface area (Å²) < 4.78 is 0. The quantitative estimate of drug-likeness (QED) is 0.673. The summed E-state index contributed by atoms with van der Waals surface area (Å²) in [4.78, 5) is 13.8. The number of nitrogens with zero attached hydrogens (tertiary/aromatic N) is 1. The Kier molecular flexibility index (Phi) is 6.78. The number of aliphatic hydroxyl groups is 1. The molecule has 1 atom stereocenters. The van der Waals surface area contributed by atoms with E-state index < -0.39 is 0 Å². The van der Waals surface area contributed by atoms with Crippen molar-refractivity contribution in [3.05, 3.63) is 23.2 Å². The molecule has 0 aromatic heterocycles. The van der Waals surface area contributed by atoms with Crippen LogP contribution in [0.15, 0.2) is 18.2 Å². The molecule has 0 saturated carbocycles. The second kappa shape index (κ2) is 8.09. The molecule has 0 fully saturated rings. The average molecular weight is 300 g/mol. The van der Waals surface area contributed by atoms with Crippen molar-refractivity contribution < 1.29 is 9.90 Å². The highest BCUT2D eigenvalue weighted by Gasteiger charge is 2.09. The van der Waals surface area contributed by atoms with Gasteiger partial charge in [-0.3, -0.25) is 4.79 Å². The zero-order chi connectivity index (χ0) is 15.1. The van der Waals surface area contributed by atoms with Gasteiger partial charge in [-0.15, -0.1) is 0 Å². The fourth-order valence-electron chi connectivity index (χ4n) is 1.70. The van der Waals surface area contributed by atoms with Crippen molar-refractivity contribution in [1.82, 2.24) is 4.90 Å². The maximum absolute atomic E-state index is 11.8. The maximum atomic E-state index is 11.8.